The van der Waals surface area contributed by atoms with Gasteiger partial charge in [-0.1, -0.05) is 31.5 Å². The van der Waals surface area contributed by atoms with Crippen molar-refractivity contribution in [2.24, 2.45) is 34.0 Å². The number of hydrogen-bond acceptors (Lipinski definition) is 5. The van der Waals surface area contributed by atoms with E-state index >= 15 is 8.78 Å². The van der Waals surface area contributed by atoms with E-state index in [1.165, 1.54) is 19.1 Å². The van der Waals surface area contributed by atoms with Gasteiger partial charge in [-0.2, -0.15) is 0 Å². The molecule has 1 aromatic carbocycles. The lowest BCUT2D eigenvalue weighted by Gasteiger charge is -2.67. The molecule has 4 aliphatic rings. The van der Waals surface area contributed by atoms with Crippen LogP contribution >= 0.6 is 11.6 Å². The van der Waals surface area contributed by atoms with Crippen molar-refractivity contribution in [3.63, 3.8) is 0 Å². The molecule has 1 unspecified atom stereocenters. The number of carboxylic acid groups (broad SMARTS) is 1. The highest BCUT2D eigenvalue weighted by molar-refractivity contribution is 6.30. The van der Waals surface area contributed by atoms with Crippen molar-refractivity contribution in [2.75, 3.05) is 11.6 Å². The molecule has 200 valence electrons. The summed E-state index contributed by atoms with van der Waals surface area (Å²) in [6, 6.07) is 6.44. The molecule has 0 amide bonds. The molecule has 0 bridgehead atoms. The van der Waals surface area contributed by atoms with Crippen molar-refractivity contribution < 1.29 is 33.8 Å². The molecule has 0 radical (unpaired) electrons. The van der Waals surface area contributed by atoms with E-state index < -0.39 is 63.7 Å². The first-order valence-electron chi connectivity index (χ1n) is 12.6. The number of allylic oxidation sites excluding steroid dienone is 4. The molecule has 0 heterocycles. The molecule has 1 aromatic rings. The van der Waals surface area contributed by atoms with E-state index in [1.807, 2.05) is 0 Å². The highest BCUT2D eigenvalue weighted by Gasteiger charge is 2.78. The van der Waals surface area contributed by atoms with Gasteiger partial charge in [0.1, 0.15) is 6.17 Å². The monoisotopic (exact) mass is 535 g/mol. The van der Waals surface area contributed by atoms with Gasteiger partial charge < -0.3 is 10.2 Å². The summed E-state index contributed by atoms with van der Waals surface area (Å²) < 4.78 is 33.4. The first-order chi connectivity index (χ1) is 17.2. The summed E-state index contributed by atoms with van der Waals surface area (Å²) in [5.41, 5.74) is -5.91. The lowest BCUT2D eigenvalue weighted by Crippen LogP contribution is -2.73. The zero-order chi connectivity index (χ0) is 27.1. The quantitative estimate of drug-likeness (QED) is 0.460. The van der Waals surface area contributed by atoms with Gasteiger partial charge in [-0.15, -0.1) is 0 Å². The van der Waals surface area contributed by atoms with Gasteiger partial charge in [0.15, 0.2) is 11.5 Å². The number of alkyl halides is 2. The third kappa shape index (κ3) is 3.41. The van der Waals surface area contributed by atoms with Crippen LogP contribution in [0.15, 0.2) is 48.1 Å². The predicted octanol–water partition coefficient (Wildman–Crippen LogP) is 5.17. The van der Waals surface area contributed by atoms with Crippen LogP contribution in [0.1, 0.15) is 40.0 Å². The maximum atomic E-state index is 17.6. The number of rotatable bonds is 4. The van der Waals surface area contributed by atoms with Crippen LogP contribution < -0.4 is 5.06 Å². The lowest BCUT2D eigenvalue weighted by atomic mass is 9.39. The molecule has 0 aliphatic heterocycles. The van der Waals surface area contributed by atoms with Gasteiger partial charge in [-0.3, -0.25) is 19.9 Å². The molecule has 6 nitrogen and oxygen atoms in total. The largest absolute Gasteiger partial charge is 0.481 e. The number of carbonyl (C=O) groups is 2. The van der Waals surface area contributed by atoms with Crippen molar-refractivity contribution in [1.29, 1.82) is 0 Å². The molecule has 0 spiro atoms. The van der Waals surface area contributed by atoms with Crippen molar-refractivity contribution in [3.8, 4) is 0 Å². The van der Waals surface area contributed by atoms with E-state index in [1.54, 1.807) is 38.1 Å². The molecular weight excluding hydrogens is 504 g/mol. The average molecular weight is 536 g/mol. The van der Waals surface area contributed by atoms with E-state index in [0.717, 1.165) is 11.1 Å². The number of carbonyl (C=O) groups excluding carboxylic acids is 1. The number of aliphatic hydroxyl groups excluding tert-OH is 1. The number of hydroxylamine groups is 1. The molecule has 9 atom stereocenters. The van der Waals surface area contributed by atoms with Crippen LogP contribution in [-0.2, 0) is 9.59 Å². The fourth-order valence-electron chi connectivity index (χ4n) is 8.67. The first-order valence-corrected chi connectivity index (χ1v) is 13.0. The number of fused-ring (bicyclic) bond motifs is 5. The molecule has 37 heavy (non-hydrogen) atoms. The minimum absolute atomic E-state index is 0.0243. The van der Waals surface area contributed by atoms with Crippen molar-refractivity contribution >= 4 is 29.0 Å². The Balaban J connectivity index is 1.57. The third-order valence-electron chi connectivity index (χ3n) is 10.2. The number of aliphatic carboxylic acids is 1. The second kappa shape index (κ2) is 8.35. The Morgan fingerprint density at radius 1 is 1.19 bits per heavy atom. The summed E-state index contributed by atoms with van der Waals surface area (Å²) in [5, 5.41) is 34.1. The van der Waals surface area contributed by atoms with Crippen LogP contribution in [-0.4, -0.2) is 51.7 Å². The molecule has 5 rings (SSSR count). The zero-order valence-corrected chi connectivity index (χ0v) is 21.8. The minimum Gasteiger partial charge on any atom is -0.481 e. The number of ketones is 1. The van der Waals surface area contributed by atoms with Gasteiger partial charge in [-0.05, 0) is 85.4 Å². The Bertz CT molecular complexity index is 1210. The Morgan fingerprint density at radius 3 is 2.46 bits per heavy atom. The summed E-state index contributed by atoms with van der Waals surface area (Å²) in [6.45, 7) is 4.85. The molecule has 4 aliphatic carbocycles. The predicted molar refractivity (Wildman–Crippen MR) is 134 cm³/mol. The van der Waals surface area contributed by atoms with Gasteiger partial charge in [-0.25, -0.2) is 8.78 Å². The maximum Gasteiger partial charge on any atom is 0.307 e. The Labute approximate surface area is 219 Å². The fourth-order valence-corrected chi connectivity index (χ4v) is 8.80. The number of hydrogen-bond donors (Lipinski definition) is 3. The van der Waals surface area contributed by atoms with Crippen molar-refractivity contribution in [1.82, 2.24) is 0 Å². The van der Waals surface area contributed by atoms with Crippen LogP contribution in [0.3, 0.4) is 0 Å². The van der Waals surface area contributed by atoms with E-state index in [2.05, 4.69) is 0 Å². The van der Waals surface area contributed by atoms with Gasteiger partial charge in [0.25, 0.3) is 0 Å². The molecule has 3 saturated carbocycles. The second-order valence-corrected chi connectivity index (χ2v) is 12.4. The Hall–Kier alpha value is -2.29. The van der Waals surface area contributed by atoms with Crippen LogP contribution in [0.4, 0.5) is 14.5 Å². The zero-order valence-electron chi connectivity index (χ0n) is 21.0. The summed E-state index contributed by atoms with van der Waals surface area (Å²) >= 11 is 5.94. The number of benzene rings is 1. The fraction of sp³-hybridized carbons (Fsp3) is 0.571. The van der Waals surface area contributed by atoms with Gasteiger partial charge >= 0.3 is 5.97 Å². The molecular formula is C28H32ClF2NO5. The number of nitrogens with zero attached hydrogens (tertiary/aromatic N) is 1. The van der Waals surface area contributed by atoms with E-state index in [-0.39, 0.29) is 31.4 Å². The minimum atomic E-state index is -2.33. The van der Waals surface area contributed by atoms with Gasteiger partial charge in [0.2, 0.25) is 0 Å². The summed E-state index contributed by atoms with van der Waals surface area (Å²) in [5.74, 6) is -3.70. The van der Waals surface area contributed by atoms with Gasteiger partial charge in [0, 0.05) is 22.4 Å². The SMILES string of the molecule is C[C@]12C[C@H](O)[C@]3(F)[C@@]4(C)C=CC(=O)C=C4[C@@H](F)C[C@@]3(C)C1C[C@@H](CN(O)c1ccc(Cl)cc1)[C@@H]2C(=O)O. The highest BCUT2D eigenvalue weighted by atomic mass is 35.5. The molecule has 0 saturated heterocycles. The Morgan fingerprint density at radius 2 is 1.84 bits per heavy atom. The van der Waals surface area contributed by atoms with E-state index in [9.17, 15) is 25.0 Å². The molecule has 0 aromatic heterocycles. The number of halogens is 3. The third-order valence-corrected chi connectivity index (χ3v) is 10.4. The van der Waals surface area contributed by atoms with E-state index in [4.69, 9.17) is 11.6 Å². The van der Waals surface area contributed by atoms with Crippen LogP contribution in [0.25, 0.3) is 0 Å². The topological polar surface area (TPSA) is 98.1 Å². The van der Waals surface area contributed by atoms with Crippen molar-refractivity contribution in [2.45, 2.75) is 58.0 Å². The smallest absolute Gasteiger partial charge is 0.307 e. The highest BCUT2D eigenvalue weighted by Crippen LogP contribution is 2.74. The number of carboxylic acids is 1. The summed E-state index contributed by atoms with van der Waals surface area (Å²) in [6.07, 6.45) is 0.354. The van der Waals surface area contributed by atoms with E-state index in [0.29, 0.717) is 10.7 Å². The van der Waals surface area contributed by atoms with Crippen LogP contribution in [0.2, 0.25) is 5.02 Å². The molecule has 3 fully saturated rings. The molecule has 9 heteroatoms. The molecule has 3 N–H and O–H groups in total. The summed E-state index contributed by atoms with van der Waals surface area (Å²) in [4.78, 5) is 24.7. The first kappa shape index (κ1) is 26.3. The number of anilines is 1. The van der Waals surface area contributed by atoms with Crippen molar-refractivity contribution in [3.05, 3.63) is 53.1 Å². The standard InChI is InChI=1S/C28H32ClF2NO5/c1-25-13-22(34)28(31)26(2)9-8-18(33)11-19(26)20(30)12-27(28,3)21(25)10-15(23(25)24(35)36)14-32(37)17-6-4-16(29)5-7-17/h4-9,11,15,20-23,34,37H,10,12-14H2,1-3H3,(H,35,36)/t15-,20-,21?,22-,23+,25-,26-,27-,28-/m0/s1. The Kier molecular flexibility index (Phi) is 5.94. The average Bonchev–Trinajstić information content (AvgIpc) is 3.11. The van der Waals surface area contributed by atoms with Gasteiger partial charge in [0.05, 0.1) is 17.7 Å². The number of aliphatic hydroxyl groups is 1. The van der Waals surface area contributed by atoms with Crippen LogP contribution in [0, 0.1) is 34.0 Å². The lowest BCUT2D eigenvalue weighted by molar-refractivity contribution is -0.247. The second-order valence-electron chi connectivity index (χ2n) is 12.0. The maximum absolute atomic E-state index is 17.6. The van der Waals surface area contributed by atoms with Crippen LogP contribution in [0.5, 0.6) is 0 Å². The normalized spacial score (nSPS) is 44.5. The summed E-state index contributed by atoms with van der Waals surface area (Å²) in [7, 11) is 0.